The van der Waals surface area contributed by atoms with Crippen molar-refractivity contribution in [2.75, 3.05) is 5.32 Å². The third-order valence-electron chi connectivity index (χ3n) is 3.83. The molecule has 1 amide bonds. The highest BCUT2D eigenvalue weighted by Crippen LogP contribution is 2.17. The van der Waals surface area contributed by atoms with Gasteiger partial charge in [0.1, 0.15) is 0 Å². The molecule has 2 aromatic heterocycles. The lowest BCUT2D eigenvalue weighted by Crippen LogP contribution is -2.13. The number of nitrogens with zero attached hydrogens (tertiary/aromatic N) is 4. The van der Waals surface area contributed by atoms with Gasteiger partial charge in [-0.3, -0.25) is 14.2 Å². The topological polar surface area (TPSA) is 64.7 Å². The van der Waals surface area contributed by atoms with Crippen molar-refractivity contribution in [3.05, 3.63) is 64.7 Å². The molecule has 0 unspecified atom stereocenters. The van der Waals surface area contributed by atoms with Crippen molar-refractivity contribution < 1.29 is 4.79 Å². The number of carbonyl (C=O) groups excluding carboxylic acids is 1. The third kappa shape index (κ3) is 3.33. The molecule has 0 atom stereocenters. The normalized spacial score (nSPS) is 10.8. The van der Waals surface area contributed by atoms with Gasteiger partial charge in [0.15, 0.2) is 0 Å². The van der Waals surface area contributed by atoms with Crippen LogP contribution in [0.2, 0.25) is 5.02 Å². The third-order valence-corrected chi connectivity index (χ3v) is 4.20. The van der Waals surface area contributed by atoms with E-state index in [1.165, 1.54) is 0 Å². The van der Waals surface area contributed by atoms with Crippen LogP contribution in [0.1, 0.15) is 28.5 Å². The van der Waals surface area contributed by atoms with Crippen LogP contribution in [0.15, 0.2) is 42.9 Å². The van der Waals surface area contributed by atoms with Gasteiger partial charge >= 0.3 is 0 Å². The zero-order valence-corrected chi connectivity index (χ0v) is 14.3. The fraction of sp³-hybridized carbons (Fsp3) is 0.235. The molecule has 0 bridgehead atoms. The van der Waals surface area contributed by atoms with Gasteiger partial charge in [-0.05, 0) is 25.5 Å². The largest absolute Gasteiger partial charge is 0.319 e. The molecule has 3 rings (SSSR count). The van der Waals surface area contributed by atoms with Crippen LogP contribution in [-0.4, -0.2) is 25.5 Å². The zero-order valence-electron chi connectivity index (χ0n) is 13.5. The van der Waals surface area contributed by atoms with Crippen molar-refractivity contribution in [2.24, 2.45) is 0 Å². The van der Waals surface area contributed by atoms with E-state index >= 15 is 0 Å². The Morgan fingerprint density at radius 1 is 1.25 bits per heavy atom. The number of halogens is 1. The van der Waals surface area contributed by atoms with Crippen molar-refractivity contribution in [3.8, 4) is 0 Å². The first kappa shape index (κ1) is 16.3. The van der Waals surface area contributed by atoms with E-state index in [1.807, 2.05) is 38.1 Å². The first-order valence-corrected chi connectivity index (χ1v) is 8.06. The summed E-state index contributed by atoms with van der Waals surface area (Å²) in [6.07, 6.45) is 4.98. The fourth-order valence-corrected chi connectivity index (χ4v) is 2.70. The monoisotopic (exact) mass is 343 g/mol. The smallest absolute Gasteiger partial charge is 0.259 e. The van der Waals surface area contributed by atoms with E-state index in [0.29, 0.717) is 22.8 Å². The Morgan fingerprint density at radius 3 is 2.75 bits per heavy atom. The van der Waals surface area contributed by atoms with Gasteiger partial charge in [0.05, 0.1) is 30.2 Å². The van der Waals surface area contributed by atoms with Crippen LogP contribution in [0.5, 0.6) is 0 Å². The summed E-state index contributed by atoms with van der Waals surface area (Å²) in [7, 11) is 0. The molecule has 0 saturated heterocycles. The summed E-state index contributed by atoms with van der Waals surface area (Å²) in [5.41, 5.74) is 3.02. The average Bonchev–Trinajstić information content (AvgIpc) is 3.16. The molecule has 7 heteroatoms. The van der Waals surface area contributed by atoms with E-state index in [9.17, 15) is 4.79 Å². The molecular formula is C17H18ClN5O. The molecular weight excluding hydrogens is 326 g/mol. The highest BCUT2D eigenvalue weighted by atomic mass is 35.5. The number of rotatable bonds is 5. The van der Waals surface area contributed by atoms with E-state index in [1.54, 1.807) is 28.0 Å². The Hall–Kier alpha value is -2.60. The molecule has 0 spiro atoms. The predicted octanol–water partition coefficient (Wildman–Crippen LogP) is 3.36. The number of hydrogen-bond acceptors (Lipinski definition) is 3. The van der Waals surface area contributed by atoms with Gasteiger partial charge in [0.25, 0.3) is 5.91 Å². The highest BCUT2D eigenvalue weighted by Gasteiger charge is 2.14. The van der Waals surface area contributed by atoms with Crippen molar-refractivity contribution in [3.63, 3.8) is 0 Å². The molecule has 0 aliphatic rings. The number of aryl methyl sites for hydroxylation is 1. The molecule has 0 fully saturated rings. The number of amides is 1. The zero-order chi connectivity index (χ0) is 17.1. The second kappa shape index (κ2) is 6.88. The van der Waals surface area contributed by atoms with E-state index in [4.69, 9.17) is 11.6 Å². The number of carbonyl (C=O) groups is 1. The predicted molar refractivity (Wildman–Crippen MR) is 93.4 cm³/mol. The number of anilines is 1. The molecule has 24 heavy (non-hydrogen) atoms. The molecule has 0 radical (unpaired) electrons. The van der Waals surface area contributed by atoms with Crippen molar-refractivity contribution >= 4 is 23.2 Å². The van der Waals surface area contributed by atoms with E-state index in [-0.39, 0.29) is 5.91 Å². The van der Waals surface area contributed by atoms with Crippen molar-refractivity contribution in [1.29, 1.82) is 0 Å². The Morgan fingerprint density at radius 2 is 2.04 bits per heavy atom. The molecule has 1 aromatic carbocycles. The standard InChI is InChI=1S/C17H18ClN5O/c1-3-23-12(2)15(9-20-23)17(24)21-14-8-19-22(11-14)10-13-6-4-5-7-16(13)18/h4-9,11H,3,10H2,1-2H3,(H,21,24). The summed E-state index contributed by atoms with van der Waals surface area (Å²) in [6.45, 7) is 5.14. The molecule has 124 valence electrons. The van der Waals surface area contributed by atoms with Crippen LogP contribution >= 0.6 is 11.6 Å². The lowest BCUT2D eigenvalue weighted by atomic mass is 10.2. The Bertz CT molecular complexity index is 868. The summed E-state index contributed by atoms with van der Waals surface area (Å²) in [6, 6.07) is 7.61. The number of hydrogen-bond donors (Lipinski definition) is 1. The van der Waals surface area contributed by atoms with E-state index < -0.39 is 0 Å². The SMILES string of the molecule is CCn1ncc(C(=O)Nc2cnn(Cc3ccccc3Cl)c2)c1C. The quantitative estimate of drug-likeness (QED) is 0.772. The van der Waals surface area contributed by atoms with E-state index in [2.05, 4.69) is 15.5 Å². The molecule has 0 aliphatic heterocycles. The average molecular weight is 344 g/mol. The van der Waals surface area contributed by atoms with Gasteiger partial charge in [-0.15, -0.1) is 0 Å². The second-order valence-electron chi connectivity index (χ2n) is 5.43. The van der Waals surface area contributed by atoms with E-state index in [0.717, 1.165) is 17.8 Å². The first-order valence-electron chi connectivity index (χ1n) is 7.68. The Balaban J connectivity index is 1.71. The first-order chi connectivity index (χ1) is 11.6. The van der Waals surface area contributed by atoms with Crippen LogP contribution < -0.4 is 5.32 Å². The summed E-state index contributed by atoms with van der Waals surface area (Å²) < 4.78 is 3.52. The lowest BCUT2D eigenvalue weighted by molar-refractivity contribution is 0.102. The van der Waals surface area contributed by atoms with Gasteiger partial charge in [-0.25, -0.2) is 0 Å². The van der Waals surface area contributed by atoms with Crippen LogP contribution in [0, 0.1) is 6.92 Å². The lowest BCUT2D eigenvalue weighted by Gasteiger charge is -2.04. The molecule has 0 aliphatic carbocycles. The molecule has 2 heterocycles. The number of nitrogens with one attached hydrogen (secondary N) is 1. The number of benzene rings is 1. The van der Waals surface area contributed by atoms with Crippen LogP contribution in [0.4, 0.5) is 5.69 Å². The molecule has 6 nitrogen and oxygen atoms in total. The van der Waals surface area contributed by atoms with Crippen molar-refractivity contribution in [2.45, 2.75) is 26.9 Å². The number of aromatic nitrogens is 4. The summed E-state index contributed by atoms with van der Waals surface area (Å²) >= 11 is 6.16. The Labute approximate surface area is 145 Å². The van der Waals surface area contributed by atoms with Crippen molar-refractivity contribution in [1.82, 2.24) is 19.6 Å². The minimum absolute atomic E-state index is 0.190. The van der Waals surface area contributed by atoms with Gasteiger partial charge in [0, 0.05) is 23.5 Å². The molecule has 0 saturated carbocycles. The van der Waals surface area contributed by atoms with Gasteiger partial charge in [-0.1, -0.05) is 29.8 Å². The summed E-state index contributed by atoms with van der Waals surface area (Å²) in [4.78, 5) is 12.4. The minimum Gasteiger partial charge on any atom is -0.319 e. The van der Waals surface area contributed by atoms with Gasteiger partial charge < -0.3 is 5.32 Å². The Kier molecular flexibility index (Phi) is 4.66. The summed E-state index contributed by atoms with van der Waals surface area (Å²) in [5, 5.41) is 12.0. The maximum Gasteiger partial charge on any atom is 0.259 e. The van der Waals surface area contributed by atoms with Gasteiger partial charge in [0.2, 0.25) is 0 Å². The summed E-state index contributed by atoms with van der Waals surface area (Å²) in [5.74, 6) is -0.190. The van der Waals surface area contributed by atoms with Gasteiger partial charge in [-0.2, -0.15) is 10.2 Å². The maximum absolute atomic E-state index is 12.4. The van der Waals surface area contributed by atoms with Crippen LogP contribution in [0.25, 0.3) is 0 Å². The van der Waals surface area contributed by atoms with Crippen LogP contribution in [0.3, 0.4) is 0 Å². The second-order valence-corrected chi connectivity index (χ2v) is 5.84. The molecule has 1 N–H and O–H groups in total. The van der Waals surface area contributed by atoms with Crippen LogP contribution in [-0.2, 0) is 13.1 Å². The molecule has 3 aromatic rings. The minimum atomic E-state index is -0.190. The highest BCUT2D eigenvalue weighted by molar-refractivity contribution is 6.31. The fourth-order valence-electron chi connectivity index (χ4n) is 2.50. The maximum atomic E-state index is 12.4.